The molecule has 6 nitrogen and oxygen atoms in total. The molecular formula is C12H19N3O3. The Morgan fingerprint density at radius 2 is 2.06 bits per heavy atom. The average Bonchev–Trinajstić information content (AvgIpc) is 2.33. The topological polar surface area (TPSA) is 56.5 Å². The van der Waals surface area contributed by atoms with Crippen LogP contribution in [0.1, 0.15) is 12.6 Å². The SMILES string of the molecule is C[C@@H]1CN(Cc2cc(=O)n(C)c(=O)n2C)CCO1. The molecule has 2 rings (SSSR count). The van der Waals surface area contributed by atoms with E-state index >= 15 is 0 Å². The fourth-order valence-corrected chi connectivity index (χ4v) is 2.19. The lowest BCUT2D eigenvalue weighted by Crippen LogP contribution is -2.43. The van der Waals surface area contributed by atoms with Crippen molar-refractivity contribution in [1.29, 1.82) is 0 Å². The molecule has 0 amide bonds. The van der Waals surface area contributed by atoms with Crippen LogP contribution < -0.4 is 11.2 Å². The molecule has 0 saturated carbocycles. The summed E-state index contributed by atoms with van der Waals surface area (Å²) in [5.74, 6) is 0. The number of morpholine rings is 1. The molecule has 18 heavy (non-hydrogen) atoms. The van der Waals surface area contributed by atoms with Gasteiger partial charge in [0.05, 0.1) is 12.7 Å². The fourth-order valence-electron chi connectivity index (χ4n) is 2.19. The second-order valence-corrected chi connectivity index (χ2v) is 4.79. The highest BCUT2D eigenvalue weighted by atomic mass is 16.5. The summed E-state index contributed by atoms with van der Waals surface area (Å²) in [4.78, 5) is 25.6. The van der Waals surface area contributed by atoms with Crippen molar-refractivity contribution in [3.05, 3.63) is 32.6 Å². The second-order valence-electron chi connectivity index (χ2n) is 4.79. The minimum Gasteiger partial charge on any atom is -0.376 e. The largest absolute Gasteiger partial charge is 0.376 e. The van der Waals surface area contributed by atoms with E-state index in [2.05, 4.69) is 4.90 Å². The van der Waals surface area contributed by atoms with Gasteiger partial charge in [-0.25, -0.2) is 4.79 Å². The highest BCUT2D eigenvalue weighted by Crippen LogP contribution is 2.07. The number of aromatic nitrogens is 2. The Bertz CT molecular complexity index is 546. The van der Waals surface area contributed by atoms with Crippen LogP contribution in [0.3, 0.4) is 0 Å². The number of hydrogen-bond donors (Lipinski definition) is 0. The molecule has 0 spiro atoms. The third-order valence-corrected chi connectivity index (χ3v) is 3.34. The Morgan fingerprint density at radius 3 is 2.72 bits per heavy atom. The van der Waals surface area contributed by atoms with Gasteiger partial charge in [0.25, 0.3) is 5.56 Å². The maximum atomic E-state index is 11.8. The summed E-state index contributed by atoms with van der Waals surface area (Å²) < 4.78 is 8.11. The molecule has 0 unspecified atom stereocenters. The lowest BCUT2D eigenvalue weighted by molar-refractivity contribution is -0.0219. The Kier molecular flexibility index (Phi) is 3.68. The maximum absolute atomic E-state index is 11.8. The quantitative estimate of drug-likeness (QED) is 0.700. The summed E-state index contributed by atoms with van der Waals surface area (Å²) in [5.41, 5.74) is 0.213. The van der Waals surface area contributed by atoms with Gasteiger partial charge >= 0.3 is 5.69 Å². The van der Waals surface area contributed by atoms with Crippen LogP contribution in [-0.4, -0.2) is 39.8 Å². The monoisotopic (exact) mass is 253 g/mol. The van der Waals surface area contributed by atoms with E-state index in [1.54, 1.807) is 7.05 Å². The lowest BCUT2D eigenvalue weighted by atomic mass is 10.2. The minimum atomic E-state index is -0.279. The molecular weight excluding hydrogens is 234 g/mol. The first-order chi connectivity index (χ1) is 8.49. The molecule has 0 radical (unpaired) electrons. The molecule has 100 valence electrons. The van der Waals surface area contributed by atoms with Crippen molar-refractivity contribution in [3.63, 3.8) is 0 Å². The van der Waals surface area contributed by atoms with Crippen LogP contribution in [-0.2, 0) is 25.4 Å². The normalized spacial score (nSPS) is 21.2. The van der Waals surface area contributed by atoms with Gasteiger partial charge in [0.15, 0.2) is 0 Å². The highest BCUT2D eigenvalue weighted by molar-refractivity contribution is 5.02. The molecule has 1 aliphatic heterocycles. The summed E-state index contributed by atoms with van der Waals surface area (Å²) in [6.07, 6.45) is 0.197. The Labute approximate surface area is 105 Å². The van der Waals surface area contributed by atoms with Gasteiger partial charge in [0, 0.05) is 45.5 Å². The standard InChI is InChI=1S/C12H19N3O3/c1-9-7-15(4-5-18-9)8-10-6-11(16)14(3)12(17)13(10)2/h6,9H,4-5,7-8H2,1-3H3/t9-/m1/s1. The Hall–Kier alpha value is -1.40. The molecule has 0 aromatic carbocycles. The maximum Gasteiger partial charge on any atom is 0.330 e. The van der Waals surface area contributed by atoms with Gasteiger partial charge in [-0.05, 0) is 6.92 Å². The van der Waals surface area contributed by atoms with Crippen molar-refractivity contribution in [2.24, 2.45) is 14.1 Å². The van der Waals surface area contributed by atoms with E-state index in [1.807, 2.05) is 6.92 Å². The first kappa shape index (κ1) is 13.0. The second kappa shape index (κ2) is 5.07. The number of hydrogen-bond acceptors (Lipinski definition) is 4. The van der Waals surface area contributed by atoms with E-state index < -0.39 is 0 Å². The van der Waals surface area contributed by atoms with Gasteiger partial charge in [-0.2, -0.15) is 0 Å². The van der Waals surface area contributed by atoms with E-state index in [1.165, 1.54) is 17.7 Å². The zero-order valence-electron chi connectivity index (χ0n) is 11.0. The number of nitrogens with zero attached hydrogens (tertiary/aromatic N) is 3. The van der Waals surface area contributed by atoms with E-state index in [4.69, 9.17) is 4.74 Å². The van der Waals surface area contributed by atoms with Crippen molar-refractivity contribution in [3.8, 4) is 0 Å². The van der Waals surface area contributed by atoms with Crippen molar-refractivity contribution >= 4 is 0 Å². The molecule has 0 aliphatic carbocycles. The zero-order chi connectivity index (χ0) is 13.3. The minimum absolute atomic E-state index is 0.197. The predicted molar refractivity (Wildman–Crippen MR) is 67.6 cm³/mol. The Balaban J connectivity index is 2.24. The summed E-state index contributed by atoms with van der Waals surface area (Å²) in [7, 11) is 3.19. The molecule has 6 heteroatoms. The number of ether oxygens (including phenoxy) is 1. The van der Waals surface area contributed by atoms with Gasteiger partial charge in [0.2, 0.25) is 0 Å². The third-order valence-electron chi connectivity index (χ3n) is 3.34. The van der Waals surface area contributed by atoms with E-state index in [0.717, 1.165) is 23.4 Å². The van der Waals surface area contributed by atoms with Crippen LogP contribution in [0.15, 0.2) is 15.7 Å². The fraction of sp³-hybridized carbons (Fsp3) is 0.667. The molecule has 1 aliphatic rings. The summed E-state index contributed by atoms with van der Waals surface area (Å²) in [5, 5.41) is 0. The van der Waals surface area contributed by atoms with Crippen molar-refractivity contribution in [2.45, 2.75) is 19.6 Å². The van der Waals surface area contributed by atoms with Gasteiger partial charge in [-0.3, -0.25) is 18.8 Å². The third kappa shape index (κ3) is 2.54. The van der Waals surface area contributed by atoms with Gasteiger partial charge in [0.1, 0.15) is 0 Å². The van der Waals surface area contributed by atoms with E-state index in [-0.39, 0.29) is 17.4 Å². The molecule has 2 heterocycles. The van der Waals surface area contributed by atoms with Crippen LogP contribution in [0.25, 0.3) is 0 Å². The first-order valence-corrected chi connectivity index (χ1v) is 6.09. The number of rotatable bonds is 2. The van der Waals surface area contributed by atoms with E-state index in [0.29, 0.717) is 13.2 Å². The molecule has 0 N–H and O–H groups in total. The van der Waals surface area contributed by atoms with Gasteiger partial charge in [-0.15, -0.1) is 0 Å². The van der Waals surface area contributed by atoms with Crippen molar-refractivity contribution in [2.75, 3.05) is 19.7 Å². The van der Waals surface area contributed by atoms with Crippen LogP contribution in [0.2, 0.25) is 0 Å². The predicted octanol–water partition coefficient (Wildman–Crippen LogP) is -0.695. The zero-order valence-corrected chi connectivity index (χ0v) is 11.0. The summed E-state index contributed by atoms with van der Waals surface area (Å²) in [6.45, 7) is 4.97. The molecule has 1 aromatic heterocycles. The molecule has 1 fully saturated rings. The molecule has 1 saturated heterocycles. The summed E-state index contributed by atoms with van der Waals surface area (Å²) in [6, 6.07) is 1.53. The lowest BCUT2D eigenvalue weighted by Gasteiger charge is -2.31. The first-order valence-electron chi connectivity index (χ1n) is 6.09. The van der Waals surface area contributed by atoms with Crippen LogP contribution in [0, 0.1) is 0 Å². The highest BCUT2D eigenvalue weighted by Gasteiger charge is 2.18. The average molecular weight is 253 g/mol. The Morgan fingerprint density at radius 1 is 1.33 bits per heavy atom. The summed E-state index contributed by atoms with van der Waals surface area (Å²) >= 11 is 0. The smallest absolute Gasteiger partial charge is 0.330 e. The van der Waals surface area contributed by atoms with Gasteiger partial charge in [-0.1, -0.05) is 0 Å². The molecule has 0 bridgehead atoms. The van der Waals surface area contributed by atoms with Crippen molar-refractivity contribution < 1.29 is 4.74 Å². The van der Waals surface area contributed by atoms with Crippen LogP contribution in [0.5, 0.6) is 0 Å². The van der Waals surface area contributed by atoms with E-state index in [9.17, 15) is 9.59 Å². The van der Waals surface area contributed by atoms with Gasteiger partial charge < -0.3 is 4.74 Å². The molecule has 1 atom stereocenters. The van der Waals surface area contributed by atoms with Crippen molar-refractivity contribution in [1.82, 2.24) is 14.0 Å². The van der Waals surface area contributed by atoms with Crippen LogP contribution >= 0.6 is 0 Å². The molecule has 1 aromatic rings. The van der Waals surface area contributed by atoms with Crippen LogP contribution in [0.4, 0.5) is 0 Å².